The van der Waals surface area contributed by atoms with Gasteiger partial charge in [-0.25, -0.2) is 0 Å². The smallest absolute Gasteiger partial charge is 0.0700 e. The standard InChI is InChI=1S/C12H20O3S/c13-12(9-3-5-15-6-4-9)7-10-1-2-11(8-12)16(10)14/h9-11,13H,1-8H2. The van der Waals surface area contributed by atoms with E-state index in [1.165, 1.54) is 0 Å². The summed E-state index contributed by atoms with van der Waals surface area (Å²) in [7, 11) is -0.661. The van der Waals surface area contributed by atoms with E-state index >= 15 is 0 Å². The highest BCUT2D eigenvalue weighted by Crippen LogP contribution is 2.46. The van der Waals surface area contributed by atoms with E-state index in [9.17, 15) is 9.32 Å². The number of hydrogen-bond acceptors (Lipinski definition) is 3. The fraction of sp³-hybridized carbons (Fsp3) is 1.00. The van der Waals surface area contributed by atoms with Crippen LogP contribution in [0, 0.1) is 5.92 Å². The van der Waals surface area contributed by atoms with Gasteiger partial charge >= 0.3 is 0 Å². The Morgan fingerprint density at radius 2 is 1.62 bits per heavy atom. The summed E-state index contributed by atoms with van der Waals surface area (Å²) in [6.07, 6.45) is 5.60. The normalized spacial score (nSPS) is 49.4. The van der Waals surface area contributed by atoms with Gasteiger partial charge in [-0.3, -0.25) is 4.21 Å². The zero-order valence-corrected chi connectivity index (χ0v) is 10.4. The van der Waals surface area contributed by atoms with Gasteiger partial charge in [0.25, 0.3) is 0 Å². The maximum atomic E-state index is 11.9. The summed E-state index contributed by atoms with van der Waals surface area (Å²) < 4.78 is 17.3. The van der Waals surface area contributed by atoms with E-state index in [0.717, 1.165) is 51.7 Å². The lowest BCUT2D eigenvalue weighted by molar-refractivity contribution is -0.0755. The molecule has 3 aliphatic heterocycles. The van der Waals surface area contributed by atoms with Crippen molar-refractivity contribution < 1.29 is 14.1 Å². The predicted octanol–water partition coefficient (Wildman–Crippen LogP) is 1.22. The molecule has 3 rings (SSSR count). The van der Waals surface area contributed by atoms with Gasteiger partial charge in [0.1, 0.15) is 0 Å². The highest BCUT2D eigenvalue weighted by atomic mass is 32.2. The SMILES string of the molecule is O=S1C2CCC1CC(O)(C1CCOCC1)C2. The summed E-state index contributed by atoms with van der Waals surface area (Å²) in [6, 6.07) is 0. The second-order valence-electron chi connectivity index (χ2n) is 5.55. The van der Waals surface area contributed by atoms with Gasteiger partial charge < -0.3 is 9.84 Å². The minimum Gasteiger partial charge on any atom is -0.390 e. The minimum absolute atomic E-state index is 0.270. The van der Waals surface area contributed by atoms with Gasteiger partial charge in [0.2, 0.25) is 0 Å². The van der Waals surface area contributed by atoms with Gasteiger partial charge in [-0.05, 0) is 44.4 Å². The summed E-state index contributed by atoms with van der Waals surface area (Å²) in [5.41, 5.74) is -0.538. The second kappa shape index (κ2) is 4.07. The van der Waals surface area contributed by atoms with Crippen LogP contribution in [0.4, 0.5) is 0 Å². The summed E-state index contributed by atoms with van der Waals surface area (Å²) in [5, 5.41) is 11.3. The van der Waals surface area contributed by atoms with E-state index in [1.54, 1.807) is 0 Å². The van der Waals surface area contributed by atoms with Crippen molar-refractivity contribution >= 4 is 10.8 Å². The summed E-state index contributed by atoms with van der Waals surface area (Å²) in [6.45, 7) is 1.57. The molecular formula is C12H20O3S. The Hall–Kier alpha value is 0.0700. The third kappa shape index (κ3) is 1.75. The molecule has 0 aromatic heterocycles. The number of hydrogen-bond donors (Lipinski definition) is 1. The molecule has 0 aromatic carbocycles. The van der Waals surface area contributed by atoms with Crippen molar-refractivity contribution in [2.75, 3.05) is 13.2 Å². The van der Waals surface area contributed by atoms with Crippen molar-refractivity contribution in [1.82, 2.24) is 0 Å². The quantitative estimate of drug-likeness (QED) is 0.754. The van der Waals surface area contributed by atoms with Crippen molar-refractivity contribution in [1.29, 1.82) is 0 Å². The molecule has 3 aliphatic rings. The monoisotopic (exact) mass is 244 g/mol. The van der Waals surface area contributed by atoms with Crippen molar-refractivity contribution in [3.63, 3.8) is 0 Å². The molecule has 1 N–H and O–H groups in total. The zero-order valence-electron chi connectivity index (χ0n) is 9.56. The van der Waals surface area contributed by atoms with Crippen LogP contribution in [-0.2, 0) is 15.5 Å². The van der Waals surface area contributed by atoms with Crippen molar-refractivity contribution in [3.8, 4) is 0 Å². The molecule has 2 unspecified atom stereocenters. The highest BCUT2D eigenvalue weighted by Gasteiger charge is 2.50. The first-order valence-electron chi connectivity index (χ1n) is 6.38. The van der Waals surface area contributed by atoms with E-state index < -0.39 is 16.4 Å². The summed E-state index contributed by atoms with van der Waals surface area (Å²) >= 11 is 0. The van der Waals surface area contributed by atoms with Gasteiger partial charge in [0, 0.05) is 34.5 Å². The average Bonchev–Trinajstić information content (AvgIpc) is 2.54. The fourth-order valence-electron chi connectivity index (χ4n) is 3.68. The fourth-order valence-corrected chi connectivity index (χ4v) is 5.87. The molecule has 0 aliphatic carbocycles. The molecule has 4 heteroatoms. The topological polar surface area (TPSA) is 46.5 Å². The lowest BCUT2D eigenvalue weighted by Crippen LogP contribution is -2.49. The first-order chi connectivity index (χ1) is 7.69. The van der Waals surface area contributed by atoms with Crippen LogP contribution in [0.25, 0.3) is 0 Å². The first kappa shape index (κ1) is 11.2. The third-order valence-corrected chi connectivity index (χ3v) is 6.73. The minimum atomic E-state index is -0.661. The maximum Gasteiger partial charge on any atom is 0.0700 e. The van der Waals surface area contributed by atoms with Crippen LogP contribution in [-0.4, -0.2) is 38.6 Å². The zero-order chi connectivity index (χ0) is 11.2. The number of rotatable bonds is 1. The maximum absolute atomic E-state index is 11.9. The molecule has 0 saturated carbocycles. The van der Waals surface area contributed by atoms with E-state index in [1.807, 2.05) is 0 Å². The molecule has 3 nitrogen and oxygen atoms in total. The lowest BCUT2D eigenvalue weighted by atomic mass is 9.76. The van der Waals surface area contributed by atoms with Crippen LogP contribution in [0.15, 0.2) is 0 Å². The van der Waals surface area contributed by atoms with Crippen molar-refractivity contribution in [2.45, 2.75) is 54.6 Å². The van der Waals surface area contributed by atoms with E-state index in [4.69, 9.17) is 4.74 Å². The second-order valence-corrected chi connectivity index (χ2v) is 7.54. The molecule has 0 radical (unpaired) electrons. The van der Waals surface area contributed by atoms with E-state index in [-0.39, 0.29) is 10.5 Å². The Kier molecular flexibility index (Phi) is 2.84. The molecule has 3 heterocycles. The summed E-state index contributed by atoms with van der Waals surface area (Å²) in [5.74, 6) is 0.377. The van der Waals surface area contributed by atoms with Gasteiger partial charge in [0.05, 0.1) is 5.60 Å². The van der Waals surface area contributed by atoms with Gasteiger partial charge in [-0.15, -0.1) is 0 Å². The molecule has 3 fully saturated rings. The van der Waals surface area contributed by atoms with Crippen LogP contribution >= 0.6 is 0 Å². The Balaban J connectivity index is 1.76. The Morgan fingerprint density at radius 1 is 1.06 bits per heavy atom. The largest absolute Gasteiger partial charge is 0.390 e. The summed E-state index contributed by atoms with van der Waals surface area (Å²) in [4.78, 5) is 0. The van der Waals surface area contributed by atoms with Crippen LogP contribution in [0.5, 0.6) is 0 Å². The van der Waals surface area contributed by atoms with Gasteiger partial charge in [-0.1, -0.05) is 0 Å². The number of fused-ring (bicyclic) bond motifs is 2. The molecule has 16 heavy (non-hydrogen) atoms. The molecular weight excluding hydrogens is 224 g/mol. The van der Waals surface area contributed by atoms with E-state index in [2.05, 4.69) is 0 Å². The number of ether oxygens (including phenoxy) is 1. The van der Waals surface area contributed by atoms with Gasteiger partial charge in [0.15, 0.2) is 0 Å². The average molecular weight is 244 g/mol. The molecule has 0 amide bonds. The van der Waals surface area contributed by atoms with Crippen LogP contribution in [0.3, 0.4) is 0 Å². The molecule has 2 bridgehead atoms. The predicted molar refractivity (Wildman–Crippen MR) is 62.7 cm³/mol. The first-order valence-corrected chi connectivity index (χ1v) is 7.66. The van der Waals surface area contributed by atoms with Gasteiger partial charge in [-0.2, -0.15) is 0 Å². The Bertz CT molecular complexity index is 283. The highest BCUT2D eigenvalue weighted by molar-refractivity contribution is 7.86. The van der Waals surface area contributed by atoms with Crippen molar-refractivity contribution in [2.24, 2.45) is 5.92 Å². The number of aliphatic hydroxyl groups is 1. The molecule has 0 spiro atoms. The van der Waals surface area contributed by atoms with Crippen LogP contribution in [0.2, 0.25) is 0 Å². The lowest BCUT2D eigenvalue weighted by Gasteiger charge is -2.43. The molecule has 92 valence electrons. The molecule has 3 saturated heterocycles. The molecule has 0 aromatic rings. The Morgan fingerprint density at radius 3 is 2.19 bits per heavy atom. The Labute approximate surface area is 99.0 Å². The van der Waals surface area contributed by atoms with Crippen molar-refractivity contribution in [3.05, 3.63) is 0 Å². The van der Waals surface area contributed by atoms with Crippen LogP contribution < -0.4 is 0 Å². The molecule has 2 atom stereocenters. The van der Waals surface area contributed by atoms with Crippen LogP contribution in [0.1, 0.15) is 38.5 Å². The van der Waals surface area contributed by atoms with E-state index in [0.29, 0.717) is 5.92 Å². The third-order valence-electron chi connectivity index (χ3n) is 4.61.